The van der Waals surface area contributed by atoms with Crippen LogP contribution in [-0.4, -0.2) is 55.6 Å². The maximum Gasteiger partial charge on any atom is 0.0233 e. The third kappa shape index (κ3) is 6.73. The van der Waals surface area contributed by atoms with E-state index in [0.29, 0.717) is 5.92 Å². The molecule has 2 aliphatic heterocycles. The molecule has 0 bridgehead atoms. The van der Waals surface area contributed by atoms with Gasteiger partial charge in [0.2, 0.25) is 0 Å². The van der Waals surface area contributed by atoms with E-state index in [-0.39, 0.29) is 0 Å². The highest BCUT2D eigenvalue weighted by atomic mass is 15.2. The van der Waals surface area contributed by atoms with Gasteiger partial charge in [-0.15, -0.1) is 0 Å². The smallest absolute Gasteiger partial charge is 0.0233 e. The molecular formula is C22H39N3. The van der Waals surface area contributed by atoms with E-state index in [9.17, 15) is 0 Å². The highest BCUT2D eigenvalue weighted by Gasteiger charge is 2.22. The SMILES string of the molecule is CC.CC(C)c1ccc(CN2CCC(CN3CCNCC3)CC2)cc1. The number of nitrogens with one attached hydrogen (secondary N) is 1. The van der Waals surface area contributed by atoms with Crippen LogP contribution in [0.1, 0.15) is 57.6 Å². The molecule has 1 N–H and O–H groups in total. The minimum absolute atomic E-state index is 0.629. The van der Waals surface area contributed by atoms with E-state index in [0.717, 1.165) is 12.5 Å². The van der Waals surface area contributed by atoms with Gasteiger partial charge < -0.3 is 10.2 Å². The van der Waals surface area contributed by atoms with Gasteiger partial charge in [0.1, 0.15) is 0 Å². The number of benzene rings is 1. The van der Waals surface area contributed by atoms with E-state index in [1.165, 1.54) is 69.8 Å². The summed E-state index contributed by atoms with van der Waals surface area (Å²) in [7, 11) is 0. The van der Waals surface area contributed by atoms with Crippen LogP contribution >= 0.6 is 0 Å². The van der Waals surface area contributed by atoms with Crippen LogP contribution in [0, 0.1) is 5.92 Å². The highest BCUT2D eigenvalue weighted by Crippen LogP contribution is 2.21. The van der Waals surface area contributed by atoms with Crippen LogP contribution in [0.2, 0.25) is 0 Å². The van der Waals surface area contributed by atoms with Gasteiger partial charge in [0, 0.05) is 39.3 Å². The first kappa shape index (κ1) is 20.4. The van der Waals surface area contributed by atoms with Crippen LogP contribution < -0.4 is 5.32 Å². The van der Waals surface area contributed by atoms with Crippen molar-refractivity contribution in [2.24, 2.45) is 5.92 Å². The van der Waals surface area contributed by atoms with Crippen LogP contribution in [0.25, 0.3) is 0 Å². The van der Waals surface area contributed by atoms with Crippen molar-refractivity contribution in [3.63, 3.8) is 0 Å². The Labute approximate surface area is 155 Å². The predicted octanol–water partition coefficient (Wildman–Crippen LogP) is 3.95. The number of hydrogen-bond acceptors (Lipinski definition) is 3. The molecule has 2 aliphatic rings. The molecule has 3 nitrogen and oxygen atoms in total. The van der Waals surface area contributed by atoms with Crippen LogP contribution in [0.4, 0.5) is 0 Å². The highest BCUT2D eigenvalue weighted by molar-refractivity contribution is 5.24. The summed E-state index contributed by atoms with van der Waals surface area (Å²) in [5.74, 6) is 1.54. The Morgan fingerprint density at radius 2 is 1.52 bits per heavy atom. The third-order valence-corrected chi connectivity index (χ3v) is 5.49. The molecule has 0 aliphatic carbocycles. The number of hydrogen-bond donors (Lipinski definition) is 1. The van der Waals surface area contributed by atoms with Crippen molar-refractivity contribution in [3.8, 4) is 0 Å². The normalized spacial score (nSPS) is 20.4. The summed E-state index contributed by atoms with van der Waals surface area (Å²) in [4.78, 5) is 5.29. The summed E-state index contributed by atoms with van der Waals surface area (Å²) >= 11 is 0. The number of likely N-dealkylation sites (tertiary alicyclic amines) is 1. The van der Waals surface area contributed by atoms with Gasteiger partial charge in [0.05, 0.1) is 0 Å². The summed E-state index contributed by atoms with van der Waals surface area (Å²) < 4.78 is 0. The van der Waals surface area contributed by atoms with Crippen LogP contribution in [-0.2, 0) is 6.54 Å². The fraction of sp³-hybridized carbons (Fsp3) is 0.727. The second-order valence-electron chi connectivity index (χ2n) is 7.67. The Balaban J connectivity index is 0.00000109. The van der Waals surface area contributed by atoms with Gasteiger partial charge in [-0.25, -0.2) is 0 Å². The Kier molecular flexibility index (Phi) is 8.94. The van der Waals surface area contributed by atoms with Gasteiger partial charge in [-0.05, 0) is 48.9 Å². The molecule has 0 unspecified atom stereocenters. The van der Waals surface area contributed by atoms with Crippen molar-refractivity contribution in [2.45, 2.75) is 53.0 Å². The molecule has 1 aromatic carbocycles. The first-order valence-corrected chi connectivity index (χ1v) is 10.4. The van der Waals surface area contributed by atoms with Gasteiger partial charge in [-0.3, -0.25) is 4.90 Å². The summed E-state index contributed by atoms with van der Waals surface area (Å²) in [6.45, 7) is 18.3. The third-order valence-electron chi connectivity index (χ3n) is 5.49. The Bertz CT molecular complexity index is 455. The lowest BCUT2D eigenvalue weighted by Gasteiger charge is -2.36. The van der Waals surface area contributed by atoms with E-state index in [2.05, 4.69) is 53.2 Å². The van der Waals surface area contributed by atoms with E-state index < -0.39 is 0 Å². The van der Waals surface area contributed by atoms with Crippen molar-refractivity contribution in [1.29, 1.82) is 0 Å². The first-order chi connectivity index (χ1) is 12.2. The monoisotopic (exact) mass is 345 g/mol. The van der Waals surface area contributed by atoms with Crippen molar-refractivity contribution in [3.05, 3.63) is 35.4 Å². The number of piperazine rings is 1. The van der Waals surface area contributed by atoms with Crippen LogP contribution in [0.15, 0.2) is 24.3 Å². The van der Waals surface area contributed by atoms with Crippen molar-refractivity contribution in [2.75, 3.05) is 45.8 Å². The molecule has 1 aromatic rings. The van der Waals surface area contributed by atoms with Crippen LogP contribution in [0.5, 0.6) is 0 Å². The van der Waals surface area contributed by atoms with Crippen molar-refractivity contribution >= 4 is 0 Å². The van der Waals surface area contributed by atoms with Gasteiger partial charge in [0.15, 0.2) is 0 Å². The summed E-state index contributed by atoms with van der Waals surface area (Å²) in [6.07, 6.45) is 2.74. The topological polar surface area (TPSA) is 18.5 Å². The molecule has 25 heavy (non-hydrogen) atoms. The molecular weight excluding hydrogens is 306 g/mol. The Morgan fingerprint density at radius 1 is 0.920 bits per heavy atom. The van der Waals surface area contributed by atoms with E-state index in [1.807, 2.05) is 13.8 Å². The summed E-state index contributed by atoms with van der Waals surface area (Å²) in [5, 5.41) is 3.45. The average molecular weight is 346 g/mol. The molecule has 2 saturated heterocycles. The maximum atomic E-state index is 3.45. The van der Waals surface area contributed by atoms with E-state index in [4.69, 9.17) is 0 Å². The molecule has 2 fully saturated rings. The molecule has 3 heteroatoms. The van der Waals surface area contributed by atoms with E-state index >= 15 is 0 Å². The summed E-state index contributed by atoms with van der Waals surface area (Å²) in [5.41, 5.74) is 2.92. The fourth-order valence-electron chi connectivity index (χ4n) is 3.85. The largest absolute Gasteiger partial charge is 0.314 e. The van der Waals surface area contributed by atoms with Crippen molar-refractivity contribution < 1.29 is 0 Å². The molecule has 3 rings (SSSR count). The molecule has 142 valence electrons. The second kappa shape index (κ2) is 10.9. The quantitative estimate of drug-likeness (QED) is 0.871. The molecule has 0 spiro atoms. The van der Waals surface area contributed by atoms with Crippen LogP contribution in [0.3, 0.4) is 0 Å². The number of piperidine rings is 1. The molecule has 0 saturated carbocycles. The lowest BCUT2D eigenvalue weighted by Crippen LogP contribution is -2.46. The van der Waals surface area contributed by atoms with E-state index in [1.54, 1.807) is 0 Å². The average Bonchev–Trinajstić information content (AvgIpc) is 2.66. The first-order valence-electron chi connectivity index (χ1n) is 10.4. The lowest BCUT2D eigenvalue weighted by molar-refractivity contribution is 0.132. The Morgan fingerprint density at radius 3 is 2.08 bits per heavy atom. The minimum atomic E-state index is 0.629. The van der Waals surface area contributed by atoms with Crippen molar-refractivity contribution in [1.82, 2.24) is 15.1 Å². The summed E-state index contributed by atoms with van der Waals surface area (Å²) in [6, 6.07) is 9.25. The standard InChI is InChI=1S/C20H33N3.C2H6/c1-17(2)20-5-3-18(4-6-20)15-22-11-7-19(8-12-22)16-23-13-9-21-10-14-23;1-2/h3-6,17,19,21H,7-16H2,1-2H3;1-2H3. The van der Waals surface area contributed by atoms with Gasteiger partial charge in [-0.1, -0.05) is 52.0 Å². The molecule has 2 heterocycles. The molecule has 0 aromatic heterocycles. The Hall–Kier alpha value is -0.900. The lowest BCUT2D eigenvalue weighted by atomic mass is 9.95. The minimum Gasteiger partial charge on any atom is -0.314 e. The molecule has 0 radical (unpaired) electrons. The zero-order chi connectivity index (χ0) is 18.1. The molecule has 0 amide bonds. The predicted molar refractivity (Wildman–Crippen MR) is 109 cm³/mol. The number of rotatable bonds is 5. The fourth-order valence-corrected chi connectivity index (χ4v) is 3.85. The zero-order valence-electron chi connectivity index (χ0n) is 16.9. The molecule has 0 atom stereocenters. The maximum absolute atomic E-state index is 3.45. The number of nitrogens with zero attached hydrogens (tertiary/aromatic N) is 2. The van der Waals surface area contributed by atoms with Gasteiger partial charge >= 0.3 is 0 Å². The van der Waals surface area contributed by atoms with Gasteiger partial charge in [-0.2, -0.15) is 0 Å². The van der Waals surface area contributed by atoms with Gasteiger partial charge in [0.25, 0.3) is 0 Å². The zero-order valence-corrected chi connectivity index (χ0v) is 16.9. The second-order valence-corrected chi connectivity index (χ2v) is 7.67.